The molecule has 2 aromatic rings. The van der Waals surface area contributed by atoms with Gasteiger partial charge in [0, 0.05) is 35.3 Å². The Morgan fingerprint density at radius 3 is 2.69 bits per heavy atom. The number of thioether (sulfide) groups is 1. The van der Waals surface area contributed by atoms with Crippen LogP contribution in [0.3, 0.4) is 0 Å². The SMILES string of the molecule is CC(C)Sc1ccc(CC(=O)N2CCC(n3cc(C4CC4)nn3)C2)cc1. The van der Waals surface area contributed by atoms with E-state index in [-0.39, 0.29) is 11.9 Å². The smallest absolute Gasteiger partial charge is 0.227 e. The summed E-state index contributed by atoms with van der Waals surface area (Å²) in [5.41, 5.74) is 2.21. The molecule has 1 aromatic heterocycles. The lowest BCUT2D eigenvalue weighted by molar-refractivity contribution is -0.129. The second-order valence-corrected chi connectivity index (χ2v) is 9.32. The summed E-state index contributed by atoms with van der Waals surface area (Å²) < 4.78 is 1.97. The van der Waals surface area contributed by atoms with Crippen molar-refractivity contribution in [2.45, 2.75) is 61.6 Å². The maximum atomic E-state index is 12.7. The second-order valence-electron chi connectivity index (χ2n) is 7.67. The van der Waals surface area contributed by atoms with Crippen molar-refractivity contribution in [3.05, 3.63) is 41.7 Å². The van der Waals surface area contributed by atoms with Crippen LogP contribution in [-0.2, 0) is 11.2 Å². The lowest BCUT2D eigenvalue weighted by Gasteiger charge is -2.16. The Bertz CT molecular complexity index is 766. The number of carbonyl (C=O) groups is 1. The van der Waals surface area contributed by atoms with Gasteiger partial charge in [-0.15, -0.1) is 16.9 Å². The van der Waals surface area contributed by atoms with Crippen LogP contribution in [0.25, 0.3) is 0 Å². The molecule has 1 atom stereocenters. The van der Waals surface area contributed by atoms with Gasteiger partial charge in [-0.05, 0) is 37.0 Å². The molecular weight excluding hydrogens is 344 g/mol. The molecule has 2 heterocycles. The summed E-state index contributed by atoms with van der Waals surface area (Å²) in [7, 11) is 0. The molecule has 138 valence electrons. The molecule has 6 heteroatoms. The predicted octanol–water partition coefficient (Wildman–Crippen LogP) is 3.67. The number of aromatic nitrogens is 3. The van der Waals surface area contributed by atoms with Crippen molar-refractivity contribution in [1.82, 2.24) is 19.9 Å². The first-order valence-electron chi connectivity index (χ1n) is 9.53. The number of rotatable bonds is 6. The largest absolute Gasteiger partial charge is 0.340 e. The van der Waals surface area contributed by atoms with Gasteiger partial charge in [0.15, 0.2) is 0 Å². The third-order valence-corrected chi connectivity index (χ3v) is 6.08. The molecule has 0 N–H and O–H groups in total. The van der Waals surface area contributed by atoms with E-state index in [9.17, 15) is 4.79 Å². The van der Waals surface area contributed by atoms with Gasteiger partial charge in [-0.1, -0.05) is 31.2 Å². The van der Waals surface area contributed by atoms with E-state index in [0.29, 0.717) is 17.6 Å². The molecule has 0 radical (unpaired) electrons. The summed E-state index contributed by atoms with van der Waals surface area (Å²) in [5, 5.41) is 9.16. The van der Waals surface area contributed by atoms with Crippen LogP contribution < -0.4 is 0 Å². The molecule has 4 rings (SSSR count). The lowest BCUT2D eigenvalue weighted by atomic mass is 10.1. The Hall–Kier alpha value is -1.82. The minimum absolute atomic E-state index is 0.208. The van der Waals surface area contributed by atoms with Crippen LogP contribution in [-0.4, -0.2) is 44.1 Å². The summed E-state index contributed by atoms with van der Waals surface area (Å²) in [6.45, 7) is 5.93. The molecule has 1 saturated carbocycles. The van der Waals surface area contributed by atoms with Crippen molar-refractivity contribution in [2.75, 3.05) is 13.1 Å². The highest BCUT2D eigenvalue weighted by atomic mass is 32.2. The Kier molecular flexibility index (Phi) is 5.02. The van der Waals surface area contributed by atoms with Gasteiger partial charge in [-0.25, -0.2) is 4.68 Å². The van der Waals surface area contributed by atoms with Gasteiger partial charge in [-0.3, -0.25) is 4.79 Å². The highest BCUT2D eigenvalue weighted by Gasteiger charge is 2.31. The van der Waals surface area contributed by atoms with E-state index in [1.807, 2.05) is 21.3 Å². The fourth-order valence-corrected chi connectivity index (χ4v) is 4.30. The number of hydrogen-bond donors (Lipinski definition) is 0. The van der Waals surface area contributed by atoms with E-state index in [1.54, 1.807) is 0 Å². The van der Waals surface area contributed by atoms with Gasteiger partial charge in [0.2, 0.25) is 5.91 Å². The number of benzene rings is 1. The average Bonchev–Trinajstić information content (AvgIpc) is 3.15. The molecule has 1 unspecified atom stereocenters. The Morgan fingerprint density at radius 2 is 2.00 bits per heavy atom. The van der Waals surface area contributed by atoms with E-state index in [2.05, 4.69) is 54.6 Å². The monoisotopic (exact) mass is 370 g/mol. The summed E-state index contributed by atoms with van der Waals surface area (Å²) in [5.74, 6) is 0.832. The van der Waals surface area contributed by atoms with Gasteiger partial charge in [0.1, 0.15) is 0 Å². The zero-order valence-electron chi connectivity index (χ0n) is 15.5. The van der Waals surface area contributed by atoms with Crippen molar-refractivity contribution >= 4 is 17.7 Å². The van der Waals surface area contributed by atoms with E-state index >= 15 is 0 Å². The van der Waals surface area contributed by atoms with Crippen LogP contribution in [0, 0.1) is 0 Å². The summed E-state index contributed by atoms with van der Waals surface area (Å²) in [6.07, 6.45) is 6.00. The summed E-state index contributed by atoms with van der Waals surface area (Å²) in [6, 6.07) is 8.66. The molecule has 0 bridgehead atoms. The van der Waals surface area contributed by atoms with Crippen LogP contribution >= 0.6 is 11.8 Å². The molecule has 1 aliphatic heterocycles. The maximum absolute atomic E-state index is 12.7. The summed E-state index contributed by atoms with van der Waals surface area (Å²) >= 11 is 1.85. The quantitative estimate of drug-likeness (QED) is 0.728. The van der Waals surface area contributed by atoms with Crippen molar-refractivity contribution < 1.29 is 4.79 Å². The first-order valence-corrected chi connectivity index (χ1v) is 10.4. The number of likely N-dealkylation sites (tertiary alicyclic amines) is 1. The summed E-state index contributed by atoms with van der Waals surface area (Å²) in [4.78, 5) is 15.9. The molecule has 1 aromatic carbocycles. The number of carbonyl (C=O) groups excluding carboxylic acids is 1. The van der Waals surface area contributed by atoms with Crippen LogP contribution in [0.15, 0.2) is 35.4 Å². The van der Waals surface area contributed by atoms with Gasteiger partial charge < -0.3 is 4.90 Å². The zero-order chi connectivity index (χ0) is 18.1. The van der Waals surface area contributed by atoms with Gasteiger partial charge in [0.25, 0.3) is 0 Å². The van der Waals surface area contributed by atoms with Crippen LogP contribution in [0.4, 0.5) is 0 Å². The van der Waals surface area contributed by atoms with Gasteiger partial charge in [0.05, 0.1) is 18.2 Å². The molecule has 26 heavy (non-hydrogen) atoms. The second kappa shape index (κ2) is 7.43. The van der Waals surface area contributed by atoms with E-state index in [1.165, 1.54) is 17.7 Å². The molecule has 2 fully saturated rings. The standard InChI is InChI=1S/C20H26N4OS/c1-14(2)26-18-7-3-15(4-8-18)11-20(25)23-10-9-17(12-23)24-13-19(21-22-24)16-5-6-16/h3-4,7-8,13-14,16-17H,5-6,9-12H2,1-2H3. The van der Waals surface area contributed by atoms with Crippen LogP contribution in [0.5, 0.6) is 0 Å². The topological polar surface area (TPSA) is 51.0 Å². The molecule has 1 aliphatic carbocycles. The fraction of sp³-hybridized carbons (Fsp3) is 0.550. The minimum atomic E-state index is 0.208. The highest BCUT2D eigenvalue weighted by Crippen LogP contribution is 2.39. The fourth-order valence-electron chi connectivity index (χ4n) is 3.46. The Morgan fingerprint density at radius 1 is 1.23 bits per heavy atom. The van der Waals surface area contributed by atoms with Crippen molar-refractivity contribution in [3.8, 4) is 0 Å². The van der Waals surface area contributed by atoms with E-state index in [4.69, 9.17) is 0 Å². The third-order valence-electron chi connectivity index (χ3n) is 5.06. The molecule has 0 spiro atoms. The van der Waals surface area contributed by atoms with Crippen molar-refractivity contribution in [1.29, 1.82) is 0 Å². The number of nitrogens with zero attached hydrogens (tertiary/aromatic N) is 4. The number of hydrogen-bond acceptors (Lipinski definition) is 4. The maximum Gasteiger partial charge on any atom is 0.227 e. The first kappa shape index (κ1) is 17.6. The number of amides is 1. The highest BCUT2D eigenvalue weighted by molar-refractivity contribution is 7.99. The molecular formula is C20H26N4OS. The van der Waals surface area contributed by atoms with Crippen LogP contribution in [0.1, 0.15) is 56.3 Å². The lowest BCUT2D eigenvalue weighted by Crippen LogP contribution is -2.30. The molecule has 1 amide bonds. The van der Waals surface area contributed by atoms with E-state index < -0.39 is 0 Å². The minimum Gasteiger partial charge on any atom is -0.340 e. The molecule has 2 aliphatic rings. The Labute approximate surface area is 159 Å². The zero-order valence-corrected chi connectivity index (χ0v) is 16.3. The first-order chi connectivity index (χ1) is 12.6. The molecule has 5 nitrogen and oxygen atoms in total. The van der Waals surface area contributed by atoms with Crippen molar-refractivity contribution in [2.24, 2.45) is 0 Å². The average molecular weight is 371 g/mol. The third kappa shape index (κ3) is 4.11. The van der Waals surface area contributed by atoms with Crippen LogP contribution in [0.2, 0.25) is 0 Å². The van der Waals surface area contributed by atoms with E-state index in [0.717, 1.165) is 30.8 Å². The Balaban J connectivity index is 1.32. The predicted molar refractivity (Wildman–Crippen MR) is 103 cm³/mol. The molecule has 1 saturated heterocycles. The normalized spacial score (nSPS) is 20.1. The van der Waals surface area contributed by atoms with Gasteiger partial charge >= 0.3 is 0 Å². The van der Waals surface area contributed by atoms with Crippen molar-refractivity contribution in [3.63, 3.8) is 0 Å². The van der Waals surface area contributed by atoms with Gasteiger partial charge in [-0.2, -0.15) is 0 Å².